The Bertz CT molecular complexity index is 820. The van der Waals surface area contributed by atoms with Gasteiger partial charge in [0.2, 0.25) is 0 Å². The first-order valence-corrected chi connectivity index (χ1v) is 8.91. The van der Waals surface area contributed by atoms with Gasteiger partial charge >= 0.3 is 13.1 Å². The van der Waals surface area contributed by atoms with Crippen LogP contribution in [-0.4, -0.2) is 39.9 Å². The largest absolute Gasteiger partial charge is 0.512 e. The number of carbonyl (C=O) groups excluding carboxylic acids is 1. The van der Waals surface area contributed by atoms with E-state index in [0.717, 1.165) is 22.2 Å². The molecule has 0 spiro atoms. The molecule has 0 amide bonds. The molecule has 0 aromatic carbocycles. The van der Waals surface area contributed by atoms with Crippen molar-refractivity contribution in [3.63, 3.8) is 0 Å². The topological polar surface area (TPSA) is 73.4 Å². The maximum atomic E-state index is 12.0. The zero-order valence-corrected chi connectivity index (χ0v) is 16.6. The van der Waals surface area contributed by atoms with E-state index in [1.807, 2.05) is 60.6 Å². The predicted octanol–water partition coefficient (Wildman–Crippen LogP) is 2.75. The Morgan fingerprint density at radius 3 is 2.38 bits per heavy atom. The highest BCUT2D eigenvalue weighted by Gasteiger charge is 2.52. The lowest BCUT2D eigenvalue weighted by molar-refractivity contribution is -0.153. The minimum absolute atomic E-state index is 0.192. The standard InChI is InChI=1S/C19H27BN2O4/c1-17(2,3)24-15(23)9-12-8-13-10-14(22-16(13)21-11-12)20-25-18(4,5)19(6,7)26-20/h8,10-11H,9H2,1-7H3,(H,21,22). The first kappa shape index (κ1) is 18.9. The van der Waals surface area contributed by atoms with Crippen molar-refractivity contribution in [3.8, 4) is 0 Å². The summed E-state index contributed by atoms with van der Waals surface area (Å²) in [4.78, 5) is 19.7. The number of nitrogens with one attached hydrogen (secondary N) is 1. The van der Waals surface area contributed by atoms with Gasteiger partial charge in [-0.1, -0.05) is 0 Å². The Hall–Kier alpha value is -1.86. The summed E-state index contributed by atoms with van der Waals surface area (Å²) in [7, 11) is -0.469. The predicted molar refractivity (Wildman–Crippen MR) is 101 cm³/mol. The maximum Gasteiger partial charge on any atom is 0.512 e. The van der Waals surface area contributed by atoms with Crippen molar-refractivity contribution in [2.75, 3.05) is 0 Å². The molecule has 0 saturated carbocycles. The van der Waals surface area contributed by atoms with Crippen LogP contribution in [0, 0.1) is 0 Å². The van der Waals surface area contributed by atoms with Crippen LogP contribution in [0.5, 0.6) is 0 Å². The zero-order valence-electron chi connectivity index (χ0n) is 16.6. The Labute approximate surface area is 154 Å². The zero-order chi connectivity index (χ0) is 19.3. The van der Waals surface area contributed by atoms with E-state index < -0.39 is 23.9 Å². The van der Waals surface area contributed by atoms with Gasteiger partial charge in [-0.05, 0) is 66.2 Å². The third-order valence-electron chi connectivity index (χ3n) is 4.82. The first-order chi connectivity index (χ1) is 11.9. The molecule has 140 valence electrons. The van der Waals surface area contributed by atoms with Crippen LogP contribution in [-0.2, 0) is 25.3 Å². The molecule has 3 rings (SSSR count). The molecule has 0 radical (unpaired) electrons. The second-order valence-corrected chi connectivity index (χ2v) is 8.86. The average Bonchev–Trinajstić information content (AvgIpc) is 2.95. The van der Waals surface area contributed by atoms with Crippen molar-refractivity contribution in [1.82, 2.24) is 9.97 Å². The summed E-state index contributed by atoms with van der Waals surface area (Å²) in [6.07, 6.45) is 1.88. The number of pyridine rings is 1. The Morgan fingerprint density at radius 1 is 1.19 bits per heavy atom. The second kappa shape index (κ2) is 6.10. The van der Waals surface area contributed by atoms with Crippen molar-refractivity contribution in [1.29, 1.82) is 0 Å². The molecule has 6 nitrogen and oxygen atoms in total. The molecule has 0 bridgehead atoms. The molecule has 3 heterocycles. The molecule has 0 atom stereocenters. The van der Waals surface area contributed by atoms with Crippen molar-refractivity contribution < 1.29 is 18.8 Å². The highest BCUT2D eigenvalue weighted by molar-refractivity contribution is 6.61. The number of H-pyrrole nitrogens is 1. The van der Waals surface area contributed by atoms with Crippen LogP contribution in [0.3, 0.4) is 0 Å². The molecule has 7 heteroatoms. The van der Waals surface area contributed by atoms with Crippen LogP contribution in [0.1, 0.15) is 54.0 Å². The summed E-state index contributed by atoms with van der Waals surface area (Å²) in [5.41, 5.74) is 1.08. The SMILES string of the molecule is CC(C)(C)OC(=O)Cc1cnc2[nH]c(B3OC(C)(C)C(C)(C)O3)cc2c1. The summed E-state index contributed by atoms with van der Waals surface area (Å²) in [5, 5.41) is 0.913. The number of esters is 1. The fourth-order valence-corrected chi connectivity index (χ4v) is 2.82. The molecular weight excluding hydrogens is 331 g/mol. The molecular formula is C19H27BN2O4. The Kier molecular flexibility index (Phi) is 4.44. The lowest BCUT2D eigenvalue weighted by Gasteiger charge is -2.32. The monoisotopic (exact) mass is 358 g/mol. The molecule has 0 aliphatic carbocycles. The van der Waals surface area contributed by atoms with E-state index in [1.165, 1.54) is 0 Å². The number of aromatic nitrogens is 2. The number of aromatic amines is 1. The van der Waals surface area contributed by atoms with E-state index in [-0.39, 0.29) is 12.4 Å². The van der Waals surface area contributed by atoms with E-state index >= 15 is 0 Å². The van der Waals surface area contributed by atoms with Gasteiger partial charge in [-0.2, -0.15) is 0 Å². The summed E-state index contributed by atoms with van der Waals surface area (Å²) < 4.78 is 17.5. The van der Waals surface area contributed by atoms with Gasteiger partial charge in [0.15, 0.2) is 0 Å². The second-order valence-electron chi connectivity index (χ2n) is 8.86. The smallest absolute Gasteiger partial charge is 0.460 e. The van der Waals surface area contributed by atoms with E-state index in [2.05, 4.69) is 9.97 Å². The summed E-state index contributed by atoms with van der Waals surface area (Å²) in [6, 6.07) is 3.90. The Balaban J connectivity index is 1.79. The van der Waals surface area contributed by atoms with Crippen LogP contribution < -0.4 is 5.59 Å². The summed E-state index contributed by atoms with van der Waals surface area (Å²) >= 11 is 0. The van der Waals surface area contributed by atoms with Gasteiger partial charge in [-0.25, -0.2) is 4.98 Å². The molecule has 2 aromatic rings. The maximum absolute atomic E-state index is 12.0. The molecule has 1 fully saturated rings. The van der Waals surface area contributed by atoms with E-state index in [9.17, 15) is 4.79 Å². The van der Waals surface area contributed by atoms with Gasteiger partial charge < -0.3 is 19.0 Å². The summed E-state index contributed by atoms with van der Waals surface area (Å²) in [6.45, 7) is 13.7. The summed E-state index contributed by atoms with van der Waals surface area (Å²) in [5.74, 6) is -0.264. The quantitative estimate of drug-likeness (QED) is 0.675. The lowest BCUT2D eigenvalue weighted by Crippen LogP contribution is -2.41. The average molecular weight is 358 g/mol. The van der Waals surface area contributed by atoms with Gasteiger partial charge in [0.1, 0.15) is 11.2 Å². The number of nitrogens with zero attached hydrogens (tertiary/aromatic N) is 1. The number of carbonyl (C=O) groups is 1. The number of fused-ring (bicyclic) bond motifs is 1. The number of hydrogen-bond acceptors (Lipinski definition) is 5. The normalized spacial score (nSPS) is 19.1. The third kappa shape index (κ3) is 3.79. The fraction of sp³-hybridized carbons (Fsp3) is 0.579. The molecule has 1 saturated heterocycles. The fourth-order valence-electron chi connectivity index (χ4n) is 2.82. The number of rotatable bonds is 3. The third-order valence-corrected chi connectivity index (χ3v) is 4.82. The molecule has 1 aliphatic rings. The Morgan fingerprint density at radius 2 is 1.81 bits per heavy atom. The van der Waals surface area contributed by atoms with E-state index in [0.29, 0.717) is 0 Å². The van der Waals surface area contributed by atoms with Crippen molar-refractivity contribution >= 4 is 29.7 Å². The highest BCUT2D eigenvalue weighted by Crippen LogP contribution is 2.36. The number of ether oxygens (including phenoxy) is 1. The van der Waals surface area contributed by atoms with E-state index in [4.69, 9.17) is 14.0 Å². The number of hydrogen-bond donors (Lipinski definition) is 1. The van der Waals surface area contributed by atoms with Gasteiger partial charge in [-0.15, -0.1) is 0 Å². The van der Waals surface area contributed by atoms with Gasteiger partial charge in [0.25, 0.3) is 0 Å². The van der Waals surface area contributed by atoms with Crippen molar-refractivity contribution in [2.24, 2.45) is 0 Å². The van der Waals surface area contributed by atoms with Crippen LogP contribution in [0.25, 0.3) is 11.0 Å². The van der Waals surface area contributed by atoms with Gasteiger partial charge in [0, 0.05) is 17.2 Å². The van der Waals surface area contributed by atoms with Crippen molar-refractivity contribution in [3.05, 3.63) is 23.9 Å². The molecule has 1 aliphatic heterocycles. The van der Waals surface area contributed by atoms with Gasteiger partial charge in [0.05, 0.1) is 17.6 Å². The molecule has 2 aromatic heterocycles. The van der Waals surface area contributed by atoms with Crippen molar-refractivity contribution in [2.45, 2.75) is 71.7 Å². The van der Waals surface area contributed by atoms with Gasteiger partial charge in [-0.3, -0.25) is 4.79 Å². The molecule has 26 heavy (non-hydrogen) atoms. The molecule has 0 unspecified atom stereocenters. The van der Waals surface area contributed by atoms with Crippen LogP contribution in [0.2, 0.25) is 0 Å². The minimum Gasteiger partial charge on any atom is -0.460 e. The lowest BCUT2D eigenvalue weighted by atomic mass is 9.85. The van der Waals surface area contributed by atoms with Crippen LogP contribution >= 0.6 is 0 Å². The minimum atomic E-state index is -0.493. The highest BCUT2D eigenvalue weighted by atomic mass is 16.7. The first-order valence-electron chi connectivity index (χ1n) is 8.91. The molecule has 1 N–H and O–H groups in total. The van der Waals surface area contributed by atoms with Crippen LogP contribution in [0.15, 0.2) is 18.3 Å². The van der Waals surface area contributed by atoms with Crippen LogP contribution in [0.4, 0.5) is 0 Å². The van der Waals surface area contributed by atoms with E-state index in [1.54, 1.807) is 6.20 Å².